The molecule has 7 heavy (non-hydrogen) atoms. The zero-order valence-electron chi connectivity index (χ0n) is 3.83. The summed E-state index contributed by atoms with van der Waals surface area (Å²) in [7, 11) is 0.126. The average molecular weight is 130 g/mol. The number of hydrogen-bond donors (Lipinski definition) is 0. The molecule has 0 nitrogen and oxygen atoms in total. The fraction of sp³-hybridized carbons (Fsp3) is 0.200. The molecule has 0 aromatic rings. The summed E-state index contributed by atoms with van der Waals surface area (Å²) in [6, 6.07) is 0. The van der Waals surface area contributed by atoms with Gasteiger partial charge in [-0.25, -0.2) is 0 Å². The first-order chi connectivity index (χ1) is 3.39. The largest absolute Gasteiger partial charge is 0.0937 e. The topological polar surface area (TPSA) is 0 Å². The minimum absolute atomic E-state index is 0.126. The Hall–Kier alpha value is 0.0500. The quantitative estimate of drug-likeness (QED) is 0.474. The molecule has 0 spiro atoms. The molecule has 38 valence electrons. The van der Waals surface area contributed by atoms with Gasteiger partial charge >= 0.3 is 0 Å². The molecule has 0 aromatic heterocycles. The predicted octanol–water partition coefficient (Wildman–Crippen LogP) is 1.15. The van der Waals surface area contributed by atoms with Gasteiger partial charge in [-0.05, 0) is 16.6 Å². The Balaban J connectivity index is 2.66. The fourth-order valence-electron chi connectivity index (χ4n) is 0.418. The summed E-state index contributed by atoms with van der Waals surface area (Å²) in [6.07, 6.45) is 6.16. The van der Waals surface area contributed by atoms with Gasteiger partial charge in [0.25, 0.3) is 0 Å². The Kier molecular flexibility index (Phi) is 1.77. The number of allylic oxidation sites excluding steroid dienone is 2. The van der Waals surface area contributed by atoms with E-state index >= 15 is 0 Å². The second-order valence-electron chi connectivity index (χ2n) is 1.30. The van der Waals surface area contributed by atoms with Gasteiger partial charge in [0.2, 0.25) is 0 Å². The van der Waals surface area contributed by atoms with Crippen LogP contribution in [0.1, 0.15) is 0 Å². The van der Waals surface area contributed by atoms with Gasteiger partial charge in [0.05, 0.1) is 0 Å². The highest BCUT2D eigenvalue weighted by atomic mass is 32.8. The summed E-state index contributed by atoms with van der Waals surface area (Å²) >= 11 is 4.98. The Morgan fingerprint density at radius 3 is 2.57 bits per heavy atom. The molecule has 1 heterocycles. The molecular formula is C5H6S2. The molecular weight excluding hydrogens is 124 g/mol. The van der Waals surface area contributed by atoms with E-state index in [0.717, 1.165) is 5.75 Å². The zero-order chi connectivity index (χ0) is 5.11. The molecule has 0 aromatic carbocycles. The van der Waals surface area contributed by atoms with Crippen LogP contribution < -0.4 is 0 Å². The molecule has 1 unspecified atom stereocenters. The van der Waals surface area contributed by atoms with E-state index in [1.807, 2.05) is 12.2 Å². The molecule has 0 amide bonds. The van der Waals surface area contributed by atoms with Crippen LogP contribution in [0, 0.1) is 0 Å². The Bertz CT molecular complexity index is 133. The van der Waals surface area contributed by atoms with Crippen molar-refractivity contribution in [2.75, 3.05) is 5.75 Å². The lowest BCUT2D eigenvalue weighted by Gasteiger charge is -1.94. The number of rotatable bonds is 0. The van der Waals surface area contributed by atoms with E-state index in [0.29, 0.717) is 0 Å². The molecule has 0 aliphatic carbocycles. The van der Waals surface area contributed by atoms with Gasteiger partial charge in [-0.3, -0.25) is 0 Å². The van der Waals surface area contributed by atoms with Crippen LogP contribution in [0.25, 0.3) is 0 Å². The molecule has 0 N–H and O–H groups in total. The van der Waals surface area contributed by atoms with Crippen molar-refractivity contribution < 1.29 is 0 Å². The lowest BCUT2D eigenvalue weighted by atomic mass is 10.5. The van der Waals surface area contributed by atoms with Gasteiger partial charge in [-0.15, -0.1) is 0 Å². The standard InChI is InChI=1S/C5H6S2/c6-7-4-2-1-3-5-7/h1-4H,5H2. The highest BCUT2D eigenvalue weighted by Crippen LogP contribution is 1.94. The smallest absolute Gasteiger partial charge is 0.0202 e. The van der Waals surface area contributed by atoms with E-state index < -0.39 is 0 Å². The van der Waals surface area contributed by atoms with Crippen LogP contribution in [0.4, 0.5) is 0 Å². The van der Waals surface area contributed by atoms with Gasteiger partial charge in [0, 0.05) is 5.75 Å². The fourth-order valence-corrected chi connectivity index (χ4v) is 1.52. The Morgan fingerprint density at radius 2 is 2.29 bits per heavy atom. The zero-order valence-corrected chi connectivity index (χ0v) is 5.47. The normalized spacial score (nSPS) is 28.3. The number of hydrogen-bond acceptors (Lipinski definition) is 1. The van der Waals surface area contributed by atoms with Crippen LogP contribution in [-0.4, -0.2) is 5.75 Å². The highest BCUT2D eigenvalue weighted by Gasteiger charge is 1.85. The lowest BCUT2D eigenvalue weighted by molar-refractivity contribution is 1.74. The maximum atomic E-state index is 4.98. The molecule has 0 saturated heterocycles. The van der Waals surface area contributed by atoms with Gasteiger partial charge in [-0.1, -0.05) is 27.7 Å². The maximum Gasteiger partial charge on any atom is 0.0202 e. The Morgan fingerprint density at radius 1 is 1.43 bits per heavy atom. The highest BCUT2D eigenvalue weighted by molar-refractivity contribution is 8.30. The van der Waals surface area contributed by atoms with Crippen molar-refractivity contribution in [3.63, 3.8) is 0 Å². The lowest BCUT2D eigenvalue weighted by Crippen LogP contribution is -1.88. The minimum atomic E-state index is 0.126. The summed E-state index contributed by atoms with van der Waals surface area (Å²) < 4.78 is 0. The molecule has 0 fully saturated rings. The van der Waals surface area contributed by atoms with Crippen LogP contribution in [0.3, 0.4) is 0 Å². The Labute approximate surface area is 50.5 Å². The molecule has 1 atom stereocenters. The van der Waals surface area contributed by atoms with Crippen molar-refractivity contribution in [3.05, 3.63) is 23.6 Å². The second kappa shape index (κ2) is 2.38. The van der Waals surface area contributed by atoms with Crippen molar-refractivity contribution in [1.82, 2.24) is 0 Å². The van der Waals surface area contributed by atoms with E-state index in [1.165, 1.54) is 0 Å². The van der Waals surface area contributed by atoms with Crippen molar-refractivity contribution in [2.24, 2.45) is 0 Å². The van der Waals surface area contributed by atoms with E-state index in [4.69, 9.17) is 11.2 Å². The molecule has 1 aliphatic heterocycles. The van der Waals surface area contributed by atoms with Gasteiger partial charge in [0.1, 0.15) is 0 Å². The third kappa shape index (κ3) is 1.53. The first kappa shape index (κ1) is 5.19. The summed E-state index contributed by atoms with van der Waals surface area (Å²) in [5, 5.41) is 2.06. The summed E-state index contributed by atoms with van der Waals surface area (Å²) in [4.78, 5) is 0. The first-order valence-corrected chi connectivity index (χ1v) is 4.48. The predicted molar refractivity (Wildman–Crippen MR) is 37.9 cm³/mol. The van der Waals surface area contributed by atoms with Crippen LogP contribution in [-0.2, 0) is 20.6 Å². The third-order valence-electron chi connectivity index (χ3n) is 0.738. The summed E-state index contributed by atoms with van der Waals surface area (Å²) in [5.74, 6) is 1.06. The SMILES string of the molecule is S=S1C=CC=CC1. The van der Waals surface area contributed by atoms with Crippen LogP contribution in [0.2, 0.25) is 0 Å². The minimum Gasteiger partial charge on any atom is -0.0937 e. The monoisotopic (exact) mass is 130 g/mol. The van der Waals surface area contributed by atoms with Crippen LogP contribution in [0.5, 0.6) is 0 Å². The maximum absolute atomic E-state index is 4.98. The van der Waals surface area contributed by atoms with Crippen molar-refractivity contribution in [3.8, 4) is 0 Å². The van der Waals surface area contributed by atoms with E-state index in [9.17, 15) is 0 Å². The van der Waals surface area contributed by atoms with Crippen molar-refractivity contribution >= 4 is 20.6 Å². The first-order valence-electron chi connectivity index (χ1n) is 2.10. The van der Waals surface area contributed by atoms with E-state index in [1.54, 1.807) is 0 Å². The molecule has 1 aliphatic rings. The van der Waals surface area contributed by atoms with Gasteiger partial charge in [0.15, 0.2) is 0 Å². The summed E-state index contributed by atoms with van der Waals surface area (Å²) in [6.45, 7) is 0. The van der Waals surface area contributed by atoms with Gasteiger partial charge < -0.3 is 0 Å². The average Bonchev–Trinajstić information content (AvgIpc) is 1.69. The third-order valence-corrected chi connectivity index (χ3v) is 2.46. The molecule has 0 bridgehead atoms. The van der Waals surface area contributed by atoms with Gasteiger partial charge in [-0.2, -0.15) is 0 Å². The van der Waals surface area contributed by atoms with Crippen molar-refractivity contribution in [2.45, 2.75) is 0 Å². The van der Waals surface area contributed by atoms with E-state index in [2.05, 4.69) is 11.5 Å². The van der Waals surface area contributed by atoms with Crippen LogP contribution >= 0.6 is 0 Å². The van der Waals surface area contributed by atoms with Crippen molar-refractivity contribution in [1.29, 1.82) is 0 Å². The van der Waals surface area contributed by atoms with E-state index in [-0.39, 0.29) is 9.45 Å². The molecule has 1 rings (SSSR count). The molecule has 2 heteroatoms. The second-order valence-corrected chi connectivity index (χ2v) is 3.96. The molecule has 0 radical (unpaired) electrons. The van der Waals surface area contributed by atoms with Crippen LogP contribution in [0.15, 0.2) is 23.6 Å². The summed E-state index contributed by atoms with van der Waals surface area (Å²) in [5.41, 5.74) is 0. The molecule has 0 saturated carbocycles.